The van der Waals surface area contributed by atoms with Crippen molar-refractivity contribution in [2.45, 2.75) is 0 Å². The standard InChI is InChI=1S/C17H21N5O4/c1-24-12-3-4-13(14(9-12)25-2)20-17(23)21-15-10-16(19-11-18-15)22-5-7-26-8-6-22/h3-4,9-11H,5-8H2,1-2H3,(H2,18,19,20,21,23). The highest BCUT2D eigenvalue weighted by atomic mass is 16.5. The Balaban J connectivity index is 1.66. The van der Waals surface area contributed by atoms with Crippen LogP contribution in [0.1, 0.15) is 0 Å². The Labute approximate surface area is 151 Å². The summed E-state index contributed by atoms with van der Waals surface area (Å²) in [5, 5.41) is 5.44. The average molecular weight is 359 g/mol. The molecule has 26 heavy (non-hydrogen) atoms. The molecule has 0 saturated carbocycles. The smallest absolute Gasteiger partial charge is 0.324 e. The molecule has 1 saturated heterocycles. The van der Waals surface area contributed by atoms with Crippen LogP contribution in [0.25, 0.3) is 0 Å². The van der Waals surface area contributed by atoms with Gasteiger partial charge in [-0.05, 0) is 12.1 Å². The lowest BCUT2D eigenvalue weighted by atomic mass is 10.2. The van der Waals surface area contributed by atoms with E-state index < -0.39 is 6.03 Å². The molecule has 9 heteroatoms. The van der Waals surface area contributed by atoms with Gasteiger partial charge in [-0.3, -0.25) is 5.32 Å². The number of nitrogens with zero attached hydrogens (tertiary/aromatic N) is 3. The van der Waals surface area contributed by atoms with Gasteiger partial charge in [-0.2, -0.15) is 0 Å². The van der Waals surface area contributed by atoms with Crippen LogP contribution in [0.3, 0.4) is 0 Å². The summed E-state index contributed by atoms with van der Waals surface area (Å²) in [5.74, 6) is 2.29. The number of hydrogen-bond acceptors (Lipinski definition) is 7. The van der Waals surface area contributed by atoms with Gasteiger partial charge in [0.1, 0.15) is 29.5 Å². The number of nitrogens with one attached hydrogen (secondary N) is 2. The number of benzene rings is 1. The third-order valence-corrected chi connectivity index (χ3v) is 3.89. The van der Waals surface area contributed by atoms with Gasteiger partial charge in [0.15, 0.2) is 0 Å². The van der Waals surface area contributed by atoms with Crippen LogP contribution in [-0.4, -0.2) is 56.5 Å². The molecular formula is C17H21N5O4. The van der Waals surface area contributed by atoms with Gasteiger partial charge < -0.3 is 24.4 Å². The number of amides is 2. The number of ether oxygens (including phenoxy) is 3. The van der Waals surface area contributed by atoms with Crippen molar-refractivity contribution in [2.24, 2.45) is 0 Å². The lowest BCUT2D eigenvalue weighted by Crippen LogP contribution is -2.36. The third kappa shape index (κ3) is 4.31. The second-order valence-corrected chi connectivity index (χ2v) is 5.51. The lowest BCUT2D eigenvalue weighted by molar-refractivity contribution is 0.122. The predicted octanol–water partition coefficient (Wildman–Crippen LogP) is 1.97. The summed E-state index contributed by atoms with van der Waals surface area (Å²) in [6, 6.07) is 6.43. The molecule has 1 aliphatic rings. The molecule has 0 bridgehead atoms. The van der Waals surface area contributed by atoms with Gasteiger partial charge in [0, 0.05) is 25.2 Å². The van der Waals surface area contributed by atoms with Crippen LogP contribution >= 0.6 is 0 Å². The summed E-state index contributed by atoms with van der Waals surface area (Å²) in [7, 11) is 3.09. The van der Waals surface area contributed by atoms with E-state index in [1.165, 1.54) is 13.4 Å². The van der Waals surface area contributed by atoms with Crippen molar-refractivity contribution in [3.8, 4) is 11.5 Å². The van der Waals surface area contributed by atoms with E-state index in [0.29, 0.717) is 36.2 Å². The fourth-order valence-electron chi connectivity index (χ4n) is 2.55. The molecule has 1 aliphatic heterocycles. The van der Waals surface area contributed by atoms with E-state index >= 15 is 0 Å². The molecule has 0 spiro atoms. The van der Waals surface area contributed by atoms with E-state index in [-0.39, 0.29) is 0 Å². The van der Waals surface area contributed by atoms with Crippen molar-refractivity contribution in [2.75, 3.05) is 56.1 Å². The fourth-order valence-corrected chi connectivity index (χ4v) is 2.55. The molecule has 0 radical (unpaired) electrons. The van der Waals surface area contributed by atoms with E-state index in [1.807, 2.05) is 0 Å². The molecular weight excluding hydrogens is 338 g/mol. The van der Waals surface area contributed by atoms with Crippen molar-refractivity contribution in [3.05, 3.63) is 30.6 Å². The summed E-state index contributed by atoms with van der Waals surface area (Å²) < 4.78 is 15.8. The van der Waals surface area contributed by atoms with Crippen LogP contribution in [0.5, 0.6) is 11.5 Å². The summed E-state index contributed by atoms with van der Waals surface area (Å²) in [6.07, 6.45) is 1.42. The van der Waals surface area contributed by atoms with Crippen LogP contribution in [0.4, 0.5) is 22.1 Å². The molecule has 9 nitrogen and oxygen atoms in total. The van der Waals surface area contributed by atoms with Gasteiger partial charge in [0.05, 0.1) is 33.1 Å². The summed E-state index contributed by atoms with van der Waals surface area (Å²) >= 11 is 0. The molecule has 0 unspecified atom stereocenters. The van der Waals surface area contributed by atoms with E-state index in [2.05, 4.69) is 25.5 Å². The van der Waals surface area contributed by atoms with Crippen molar-refractivity contribution < 1.29 is 19.0 Å². The number of methoxy groups -OCH3 is 2. The minimum absolute atomic E-state index is 0.409. The van der Waals surface area contributed by atoms with Gasteiger partial charge in [0.25, 0.3) is 0 Å². The number of morpholine rings is 1. The highest BCUT2D eigenvalue weighted by molar-refractivity contribution is 6.00. The number of aromatic nitrogens is 2. The van der Waals surface area contributed by atoms with Crippen molar-refractivity contribution in [3.63, 3.8) is 0 Å². The maximum absolute atomic E-state index is 12.3. The van der Waals surface area contributed by atoms with Crippen molar-refractivity contribution >= 4 is 23.4 Å². The largest absolute Gasteiger partial charge is 0.497 e. The van der Waals surface area contributed by atoms with E-state index in [0.717, 1.165) is 18.9 Å². The Bertz CT molecular complexity index is 765. The highest BCUT2D eigenvalue weighted by Crippen LogP contribution is 2.29. The third-order valence-electron chi connectivity index (χ3n) is 3.89. The predicted molar refractivity (Wildman–Crippen MR) is 97.3 cm³/mol. The topological polar surface area (TPSA) is 97.8 Å². The number of urea groups is 1. The lowest BCUT2D eigenvalue weighted by Gasteiger charge is -2.27. The summed E-state index contributed by atoms with van der Waals surface area (Å²) in [6.45, 7) is 2.83. The van der Waals surface area contributed by atoms with E-state index in [9.17, 15) is 4.79 Å². The Morgan fingerprint density at radius 1 is 1.12 bits per heavy atom. The zero-order valence-electron chi connectivity index (χ0n) is 14.7. The molecule has 1 aromatic heterocycles. The number of carbonyl (C=O) groups excluding carboxylic acids is 1. The molecule has 2 heterocycles. The van der Waals surface area contributed by atoms with Crippen LogP contribution in [-0.2, 0) is 4.74 Å². The fraction of sp³-hybridized carbons (Fsp3) is 0.353. The summed E-state index contributed by atoms with van der Waals surface area (Å²) in [4.78, 5) is 22.7. The zero-order valence-corrected chi connectivity index (χ0v) is 14.7. The van der Waals surface area contributed by atoms with Gasteiger partial charge in [-0.15, -0.1) is 0 Å². The van der Waals surface area contributed by atoms with Crippen LogP contribution in [0.15, 0.2) is 30.6 Å². The molecule has 3 rings (SSSR count). The first-order valence-electron chi connectivity index (χ1n) is 8.14. The molecule has 2 N–H and O–H groups in total. The first-order chi connectivity index (χ1) is 12.7. The van der Waals surface area contributed by atoms with E-state index in [1.54, 1.807) is 31.4 Å². The molecule has 1 fully saturated rings. The number of anilines is 3. The molecule has 2 amide bonds. The maximum atomic E-state index is 12.3. The minimum atomic E-state index is -0.430. The van der Waals surface area contributed by atoms with Gasteiger partial charge in [-0.25, -0.2) is 14.8 Å². The quantitative estimate of drug-likeness (QED) is 0.842. The molecule has 1 aromatic carbocycles. The molecule has 0 aliphatic carbocycles. The SMILES string of the molecule is COc1ccc(NC(=O)Nc2cc(N3CCOCC3)ncn2)c(OC)c1. The zero-order chi connectivity index (χ0) is 18.4. The minimum Gasteiger partial charge on any atom is -0.497 e. The normalized spacial score (nSPS) is 13.8. The Hall–Kier alpha value is -3.07. The number of carbonyl (C=O) groups is 1. The number of hydrogen-bond donors (Lipinski definition) is 2. The first kappa shape index (κ1) is 17.7. The van der Waals surface area contributed by atoms with Crippen molar-refractivity contribution in [1.82, 2.24) is 9.97 Å². The summed E-state index contributed by atoms with van der Waals surface area (Å²) in [5.41, 5.74) is 0.522. The molecule has 2 aromatic rings. The Kier molecular flexibility index (Phi) is 5.69. The number of rotatable bonds is 5. The second-order valence-electron chi connectivity index (χ2n) is 5.51. The molecule has 138 valence electrons. The van der Waals surface area contributed by atoms with Crippen LogP contribution < -0.4 is 25.0 Å². The van der Waals surface area contributed by atoms with Gasteiger partial charge in [-0.1, -0.05) is 0 Å². The van der Waals surface area contributed by atoms with Gasteiger partial charge in [0.2, 0.25) is 0 Å². The van der Waals surface area contributed by atoms with Gasteiger partial charge >= 0.3 is 6.03 Å². The van der Waals surface area contributed by atoms with E-state index in [4.69, 9.17) is 14.2 Å². The van der Waals surface area contributed by atoms with Crippen LogP contribution in [0, 0.1) is 0 Å². The molecule has 0 atom stereocenters. The second kappa shape index (κ2) is 8.34. The average Bonchev–Trinajstić information content (AvgIpc) is 2.69. The monoisotopic (exact) mass is 359 g/mol. The highest BCUT2D eigenvalue weighted by Gasteiger charge is 2.14. The Morgan fingerprint density at radius 2 is 1.92 bits per heavy atom. The first-order valence-corrected chi connectivity index (χ1v) is 8.14. The van der Waals surface area contributed by atoms with Crippen molar-refractivity contribution in [1.29, 1.82) is 0 Å². The Morgan fingerprint density at radius 3 is 2.65 bits per heavy atom. The van der Waals surface area contributed by atoms with Crippen LogP contribution in [0.2, 0.25) is 0 Å². The maximum Gasteiger partial charge on any atom is 0.324 e.